The van der Waals surface area contributed by atoms with Gasteiger partial charge in [0, 0.05) is 0 Å². The summed E-state index contributed by atoms with van der Waals surface area (Å²) in [6, 6.07) is 0. The molecule has 36 valence electrons. The maximum Gasteiger partial charge on any atom is 2.00 e. The van der Waals surface area contributed by atoms with Gasteiger partial charge in [0.2, 0.25) is 0 Å². The van der Waals surface area contributed by atoms with Crippen molar-refractivity contribution >= 4 is 0 Å². The fraction of sp³-hybridized carbons (Fsp3) is 0. The van der Waals surface area contributed by atoms with E-state index in [4.69, 9.17) is 0 Å². The van der Waals surface area contributed by atoms with Crippen LogP contribution in [0.3, 0.4) is 0 Å². The molecule has 0 aromatic heterocycles. The third-order valence-electron chi connectivity index (χ3n) is 0. The van der Waals surface area contributed by atoms with Crippen molar-refractivity contribution in [2.24, 2.45) is 0 Å². The van der Waals surface area contributed by atoms with Crippen LogP contribution in [0.25, 0.3) is 0 Å². The molecule has 0 amide bonds. The molecule has 0 saturated heterocycles. The second-order valence-electron chi connectivity index (χ2n) is 0. The van der Waals surface area contributed by atoms with E-state index in [0.717, 1.165) is 0 Å². The first kappa shape index (κ1) is 498. The Morgan fingerprint density at radius 2 is 0.600 bits per heavy atom. The molecule has 0 heterocycles. The molecule has 0 aromatic carbocycles. The van der Waals surface area contributed by atoms with E-state index in [1.165, 1.54) is 0 Å². The van der Waals surface area contributed by atoms with E-state index in [9.17, 15) is 0 Å². The van der Waals surface area contributed by atoms with Crippen molar-refractivity contribution in [1.29, 1.82) is 0 Å². The Hall–Kier alpha value is 0.468. The van der Waals surface area contributed by atoms with Crippen molar-refractivity contribution in [2.75, 3.05) is 0 Å². The maximum atomic E-state index is 0. The van der Waals surface area contributed by atoms with Gasteiger partial charge in [-0.05, 0) is 0 Å². The molecule has 0 aliphatic heterocycles. The fourth-order valence-corrected chi connectivity index (χ4v) is 0. The first-order valence-corrected chi connectivity index (χ1v) is 0. The predicted molar refractivity (Wildman–Crippen MR) is 7.23 cm³/mol. The standard InChI is InChI=1S/2FH.Mo.2H2O/h2*1H;;2*1H2/q;;+2;;/p-2. The molecule has 0 spiro atoms. The molecule has 0 aromatic rings. The second kappa shape index (κ2) is 245. The summed E-state index contributed by atoms with van der Waals surface area (Å²) >= 11 is 0. The molecule has 5 heteroatoms. The average Bonchev–Trinajstić information content (AvgIpc) is 0. The Morgan fingerprint density at radius 1 is 0.600 bits per heavy atom. The van der Waals surface area contributed by atoms with E-state index < -0.39 is 0 Å². The molecule has 0 rings (SSSR count). The Bertz CT molecular complexity index is 7.61. The number of halogens is 2. The van der Waals surface area contributed by atoms with E-state index >= 15 is 0 Å². The van der Waals surface area contributed by atoms with Crippen LogP contribution in [0.15, 0.2) is 0 Å². The van der Waals surface area contributed by atoms with Crippen molar-refractivity contribution in [3.63, 3.8) is 0 Å². The van der Waals surface area contributed by atoms with Crippen LogP contribution in [-0.4, -0.2) is 11.0 Å². The van der Waals surface area contributed by atoms with E-state index in [1.54, 1.807) is 0 Å². The van der Waals surface area contributed by atoms with Gasteiger partial charge in [0.05, 0.1) is 0 Å². The predicted octanol–water partition coefficient (Wildman–Crippen LogP) is -7.64. The third-order valence-corrected chi connectivity index (χ3v) is 0. The number of hydrogen-bond donors (Lipinski definition) is 0. The summed E-state index contributed by atoms with van der Waals surface area (Å²) in [7, 11) is 0. The summed E-state index contributed by atoms with van der Waals surface area (Å²) in [6.07, 6.45) is 0. The quantitative estimate of drug-likeness (QED) is 0.324. The molecule has 0 fully saturated rings. The maximum absolute atomic E-state index is 0. The van der Waals surface area contributed by atoms with Gasteiger partial charge in [-0.3, -0.25) is 0 Å². The first-order chi connectivity index (χ1) is 0. The van der Waals surface area contributed by atoms with Gasteiger partial charge < -0.3 is 20.4 Å². The third kappa shape index (κ3) is 124. The van der Waals surface area contributed by atoms with Gasteiger partial charge in [-0.1, -0.05) is 0 Å². The largest absolute Gasteiger partial charge is 2.00 e. The molecule has 2 nitrogen and oxygen atoms in total. The molecule has 0 aliphatic carbocycles. The van der Waals surface area contributed by atoms with E-state index in [2.05, 4.69) is 0 Å². The van der Waals surface area contributed by atoms with Crippen LogP contribution in [0.2, 0.25) is 0 Å². The molecule has 0 bridgehead atoms. The van der Waals surface area contributed by atoms with Crippen molar-refractivity contribution in [3.8, 4) is 0 Å². The van der Waals surface area contributed by atoms with Crippen LogP contribution in [0.5, 0.6) is 0 Å². The fourth-order valence-electron chi connectivity index (χ4n) is 0. The molecular weight excluding hydrogens is 166 g/mol. The van der Waals surface area contributed by atoms with Crippen LogP contribution in [-0.2, 0) is 21.1 Å². The summed E-state index contributed by atoms with van der Waals surface area (Å²) in [5, 5.41) is 0. The zero-order chi connectivity index (χ0) is 0. The molecule has 0 unspecified atom stereocenters. The van der Waals surface area contributed by atoms with Crippen LogP contribution >= 0.6 is 0 Å². The van der Waals surface area contributed by atoms with E-state index in [-0.39, 0.29) is 41.4 Å². The molecule has 4 N–H and O–H groups in total. The summed E-state index contributed by atoms with van der Waals surface area (Å²) < 4.78 is 0. The van der Waals surface area contributed by atoms with Crippen molar-refractivity contribution in [2.45, 2.75) is 0 Å². The summed E-state index contributed by atoms with van der Waals surface area (Å²) in [5.74, 6) is 0. The van der Waals surface area contributed by atoms with Gasteiger partial charge in [-0.25, -0.2) is 0 Å². The smallest absolute Gasteiger partial charge is 1.00 e. The van der Waals surface area contributed by atoms with E-state index in [0.29, 0.717) is 0 Å². The van der Waals surface area contributed by atoms with Crippen LogP contribution in [0.1, 0.15) is 0 Å². The molecule has 0 aliphatic rings. The van der Waals surface area contributed by atoms with Crippen LogP contribution in [0, 0.1) is 0 Å². The van der Waals surface area contributed by atoms with Crippen molar-refractivity contribution in [3.05, 3.63) is 0 Å². The molecule has 0 atom stereocenters. The first-order valence-electron chi connectivity index (χ1n) is 0. The van der Waals surface area contributed by atoms with Gasteiger partial charge in [-0.15, -0.1) is 0 Å². The minimum absolute atomic E-state index is 0. The molecule has 0 radical (unpaired) electrons. The van der Waals surface area contributed by atoms with Gasteiger partial charge in [0.15, 0.2) is 0 Å². The van der Waals surface area contributed by atoms with Crippen LogP contribution in [0.4, 0.5) is 0 Å². The Labute approximate surface area is 42.2 Å². The topological polar surface area (TPSA) is 63.0 Å². The van der Waals surface area contributed by atoms with Gasteiger partial charge in [0.1, 0.15) is 0 Å². The van der Waals surface area contributed by atoms with Crippen molar-refractivity contribution in [1.82, 2.24) is 0 Å². The van der Waals surface area contributed by atoms with Gasteiger partial charge in [-0.2, -0.15) is 0 Å². The number of hydrogen-bond acceptors (Lipinski definition) is 0. The zero-order valence-electron chi connectivity index (χ0n) is 2.16. The Kier molecular flexibility index (Phi) is 24400. The molecular formula is H4F2MoO2. The average molecular weight is 170 g/mol. The van der Waals surface area contributed by atoms with Crippen molar-refractivity contribution < 1.29 is 41.4 Å². The second-order valence-corrected chi connectivity index (χ2v) is 0. The minimum Gasteiger partial charge on any atom is -1.00 e. The Morgan fingerprint density at radius 3 is 0.600 bits per heavy atom. The summed E-state index contributed by atoms with van der Waals surface area (Å²) in [5.41, 5.74) is 0. The van der Waals surface area contributed by atoms with E-state index in [1.807, 2.05) is 0 Å². The van der Waals surface area contributed by atoms with Gasteiger partial charge in [0.25, 0.3) is 0 Å². The molecule has 0 saturated carbocycles. The SMILES string of the molecule is O.O.[F-].[F-].[Mo+2]. The zero-order valence-corrected chi connectivity index (χ0v) is 4.17. The monoisotopic (exact) mass is 172 g/mol. The minimum atomic E-state index is 0. The summed E-state index contributed by atoms with van der Waals surface area (Å²) in [6.45, 7) is 0. The molecule has 5 heavy (non-hydrogen) atoms. The normalized spacial score (nSPS) is 0. The van der Waals surface area contributed by atoms with Gasteiger partial charge >= 0.3 is 21.1 Å². The number of rotatable bonds is 0. The van der Waals surface area contributed by atoms with Crippen LogP contribution < -0.4 is 9.41 Å². The Balaban J connectivity index is 0. The summed E-state index contributed by atoms with van der Waals surface area (Å²) in [4.78, 5) is 0.